The predicted octanol–water partition coefficient (Wildman–Crippen LogP) is 9.15. The first-order chi connectivity index (χ1) is 18.4. The molecule has 0 bridgehead atoms. The predicted molar refractivity (Wildman–Crippen MR) is 141 cm³/mol. The molecule has 1 unspecified atom stereocenters. The van der Waals surface area contributed by atoms with Crippen molar-refractivity contribution in [2.75, 3.05) is 13.2 Å². The Morgan fingerprint density at radius 2 is 1.61 bits per heavy atom. The van der Waals surface area contributed by atoms with E-state index in [1.165, 1.54) is 18.9 Å². The minimum atomic E-state index is -1.18. The number of hydrogen-bond donors (Lipinski definition) is 0. The molecule has 0 saturated heterocycles. The first-order valence-corrected chi connectivity index (χ1v) is 14.1. The number of benzene rings is 2. The summed E-state index contributed by atoms with van der Waals surface area (Å²) in [6.45, 7) is 5.08. The van der Waals surface area contributed by atoms with Gasteiger partial charge in [-0.15, -0.1) is 0 Å². The molecule has 6 heteroatoms. The van der Waals surface area contributed by atoms with Gasteiger partial charge in [0.25, 0.3) is 0 Å². The molecule has 2 aromatic rings. The fourth-order valence-electron chi connectivity index (χ4n) is 6.20. The molecule has 204 valence electrons. The van der Waals surface area contributed by atoms with Gasteiger partial charge in [-0.05, 0) is 104 Å². The third-order valence-electron chi connectivity index (χ3n) is 8.24. The van der Waals surface area contributed by atoms with Crippen molar-refractivity contribution in [2.45, 2.75) is 77.6 Å². The highest BCUT2D eigenvalue weighted by atomic mass is 19.2. The Hall–Kier alpha value is -2.76. The summed E-state index contributed by atoms with van der Waals surface area (Å²) >= 11 is 0. The number of halogens is 4. The molecule has 0 radical (unpaired) electrons. The number of hydrogen-bond acceptors (Lipinski definition) is 2. The van der Waals surface area contributed by atoms with Crippen LogP contribution in [0.2, 0.25) is 0 Å². The molecular formula is C32H36F4O2. The molecule has 1 saturated carbocycles. The Balaban J connectivity index is 1.29. The van der Waals surface area contributed by atoms with Gasteiger partial charge in [-0.2, -0.15) is 4.39 Å². The Morgan fingerprint density at radius 1 is 0.895 bits per heavy atom. The van der Waals surface area contributed by atoms with Crippen molar-refractivity contribution >= 4 is 0 Å². The molecule has 1 fully saturated rings. The van der Waals surface area contributed by atoms with Crippen LogP contribution in [0.4, 0.5) is 17.6 Å². The highest BCUT2D eigenvalue weighted by Gasteiger charge is 2.34. The lowest BCUT2D eigenvalue weighted by Gasteiger charge is -2.28. The maximum Gasteiger partial charge on any atom is 0.201 e. The summed E-state index contributed by atoms with van der Waals surface area (Å²) in [5, 5.41) is 0. The highest BCUT2D eigenvalue weighted by Crippen LogP contribution is 2.47. The van der Waals surface area contributed by atoms with Crippen molar-refractivity contribution in [3.05, 3.63) is 76.1 Å². The van der Waals surface area contributed by atoms with Crippen molar-refractivity contribution in [1.29, 1.82) is 0 Å². The number of fused-ring (bicyclic) bond motifs is 3. The van der Waals surface area contributed by atoms with Crippen molar-refractivity contribution in [3.63, 3.8) is 0 Å². The molecule has 0 spiro atoms. The summed E-state index contributed by atoms with van der Waals surface area (Å²) in [7, 11) is 0. The van der Waals surface area contributed by atoms with Gasteiger partial charge >= 0.3 is 0 Å². The molecule has 3 aliphatic rings. The molecule has 38 heavy (non-hydrogen) atoms. The van der Waals surface area contributed by atoms with Crippen molar-refractivity contribution in [3.8, 4) is 16.9 Å². The van der Waals surface area contributed by atoms with Gasteiger partial charge < -0.3 is 9.47 Å². The summed E-state index contributed by atoms with van der Waals surface area (Å²) in [6.07, 6.45) is 13.9. The van der Waals surface area contributed by atoms with Gasteiger partial charge in [-0.25, -0.2) is 13.2 Å². The van der Waals surface area contributed by atoms with E-state index in [1.807, 2.05) is 6.92 Å². The number of rotatable bonds is 8. The zero-order valence-electron chi connectivity index (χ0n) is 22.2. The van der Waals surface area contributed by atoms with Gasteiger partial charge in [0.05, 0.1) is 13.2 Å². The molecule has 0 N–H and O–H groups in total. The van der Waals surface area contributed by atoms with E-state index < -0.39 is 23.3 Å². The van der Waals surface area contributed by atoms with Gasteiger partial charge in [0.15, 0.2) is 23.2 Å². The molecule has 2 aliphatic carbocycles. The minimum Gasteiger partial charge on any atom is -0.494 e. The van der Waals surface area contributed by atoms with Crippen LogP contribution < -0.4 is 4.74 Å². The van der Waals surface area contributed by atoms with Crippen molar-refractivity contribution in [2.24, 2.45) is 11.8 Å². The minimum absolute atomic E-state index is 0.104. The second-order valence-electron chi connectivity index (χ2n) is 11.0. The molecule has 2 aromatic carbocycles. The van der Waals surface area contributed by atoms with Crippen LogP contribution in [-0.4, -0.2) is 13.2 Å². The summed E-state index contributed by atoms with van der Waals surface area (Å²) in [5.41, 5.74) is 0.941. The van der Waals surface area contributed by atoms with E-state index in [0.717, 1.165) is 44.5 Å². The van der Waals surface area contributed by atoms with E-state index in [9.17, 15) is 8.78 Å². The van der Waals surface area contributed by atoms with Gasteiger partial charge in [-0.3, -0.25) is 0 Å². The quantitative estimate of drug-likeness (QED) is 0.271. The average molecular weight is 529 g/mol. The number of ether oxygens (including phenoxy) is 2. The molecule has 1 aliphatic heterocycles. The van der Waals surface area contributed by atoms with Crippen LogP contribution in [0.5, 0.6) is 5.75 Å². The van der Waals surface area contributed by atoms with E-state index in [4.69, 9.17) is 9.47 Å². The third kappa shape index (κ3) is 5.23. The van der Waals surface area contributed by atoms with Crippen LogP contribution in [-0.2, 0) is 11.2 Å². The second-order valence-corrected chi connectivity index (χ2v) is 11.0. The average Bonchev–Trinajstić information content (AvgIpc) is 3.30. The van der Waals surface area contributed by atoms with Crippen molar-refractivity contribution < 1.29 is 27.0 Å². The zero-order valence-corrected chi connectivity index (χ0v) is 22.2. The first-order valence-electron chi connectivity index (χ1n) is 14.1. The van der Waals surface area contributed by atoms with Crippen LogP contribution in [0.3, 0.4) is 0 Å². The largest absolute Gasteiger partial charge is 0.494 e. The second kappa shape index (κ2) is 11.5. The molecule has 5 rings (SSSR count). The molecule has 0 amide bonds. The third-order valence-corrected chi connectivity index (χ3v) is 8.24. The summed E-state index contributed by atoms with van der Waals surface area (Å²) in [6, 6.07) is 3.10. The Labute approximate surface area is 222 Å². The number of allylic oxidation sites excluding steroid dienone is 3. The molecule has 2 nitrogen and oxygen atoms in total. The fraction of sp³-hybridized carbons (Fsp3) is 0.500. The fourth-order valence-corrected chi connectivity index (χ4v) is 6.20. The Morgan fingerprint density at radius 3 is 2.26 bits per heavy atom. The lowest BCUT2D eigenvalue weighted by Crippen LogP contribution is -2.15. The molecule has 1 atom stereocenters. The van der Waals surface area contributed by atoms with Crippen LogP contribution in [0.15, 0.2) is 36.1 Å². The molecule has 1 heterocycles. The van der Waals surface area contributed by atoms with E-state index in [1.54, 1.807) is 6.07 Å². The van der Waals surface area contributed by atoms with E-state index in [0.29, 0.717) is 34.9 Å². The Kier molecular flexibility index (Phi) is 8.15. The Bertz CT molecular complexity index is 1240. The highest BCUT2D eigenvalue weighted by molar-refractivity contribution is 5.79. The van der Waals surface area contributed by atoms with Crippen LogP contribution in [0.25, 0.3) is 11.1 Å². The van der Waals surface area contributed by atoms with Crippen LogP contribution in [0.1, 0.15) is 87.8 Å². The topological polar surface area (TPSA) is 18.5 Å². The first kappa shape index (κ1) is 26.8. The normalized spacial score (nSPS) is 22.7. The summed E-state index contributed by atoms with van der Waals surface area (Å²) in [4.78, 5) is 0. The van der Waals surface area contributed by atoms with Crippen LogP contribution in [0, 0.1) is 35.1 Å². The SMILES string of the molecule is CCCOc1cc2c(c(F)c1F)-c1c(cc(C3CCC(C=CC4=CCC(CCC)CO4)CC3)c(F)c1F)C2. The van der Waals surface area contributed by atoms with Gasteiger partial charge in [0, 0.05) is 11.1 Å². The molecule has 0 aromatic heterocycles. The maximum absolute atomic E-state index is 15.4. The molecular weight excluding hydrogens is 492 g/mol. The van der Waals surface area contributed by atoms with E-state index in [2.05, 4.69) is 25.2 Å². The van der Waals surface area contributed by atoms with E-state index >= 15 is 8.78 Å². The van der Waals surface area contributed by atoms with Crippen LogP contribution >= 0.6 is 0 Å². The van der Waals surface area contributed by atoms with E-state index in [-0.39, 0.29) is 35.8 Å². The summed E-state index contributed by atoms with van der Waals surface area (Å²) < 4.78 is 71.5. The smallest absolute Gasteiger partial charge is 0.201 e. The van der Waals surface area contributed by atoms with Gasteiger partial charge in [0.1, 0.15) is 5.76 Å². The standard InChI is InChI=1S/C32H36F4O2/c1-3-5-20-9-13-24(38-18-20)12-8-19-6-10-21(11-7-19)25-16-22-15-23-17-26(37-14-4-2)30(34)32(36)28(23)27(22)31(35)29(25)33/h8,12-13,16-17,19-21H,3-7,9-11,14-15,18H2,1-2H3. The van der Waals surface area contributed by atoms with Gasteiger partial charge in [-0.1, -0.05) is 32.4 Å². The lowest BCUT2D eigenvalue weighted by molar-refractivity contribution is 0.150. The van der Waals surface area contributed by atoms with Crippen molar-refractivity contribution in [1.82, 2.24) is 0 Å². The summed E-state index contributed by atoms with van der Waals surface area (Å²) in [5.74, 6) is -2.74. The van der Waals surface area contributed by atoms with Gasteiger partial charge in [0.2, 0.25) is 5.82 Å². The monoisotopic (exact) mass is 528 g/mol. The zero-order chi connectivity index (χ0) is 26.8. The lowest BCUT2D eigenvalue weighted by atomic mass is 9.77. The maximum atomic E-state index is 15.4.